The van der Waals surface area contributed by atoms with Gasteiger partial charge in [-0.3, -0.25) is 0 Å². The predicted molar refractivity (Wildman–Crippen MR) is 67.0 cm³/mol. The second kappa shape index (κ2) is 7.46. The monoisotopic (exact) mass is 266 g/mol. The fraction of sp³-hybridized carbons (Fsp3) is 0.889. The maximum Gasteiger partial charge on any atom is 0.277 e. The molecule has 0 aliphatic carbocycles. The quantitative estimate of drug-likeness (QED) is 0.214. The van der Waals surface area contributed by atoms with E-state index in [0.29, 0.717) is 13.0 Å². The lowest BCUT2D eigenvalue weighted by atomic mass is 10.1. The average Bonchev–Trinajstić information content (AvgIpc) is 2.25. The van der Waals surface area contributed by atoms with Gasteiger partial charge in [-0.1, -0.05) is 25.9 Å². The summed E-state index contributed by atoms with van der Waals surface area (Å²) in [7, 11) is -3.53. The van der Waals surface area contributed by atoms with Gasteiger partial charge >= 0.3 is 0 Å². The zero-order valence-corrected chi connectivity index (χ0v) is 11.3. The van der Waals surface area contributed by atoms with Crippen LogP contribution in [0.15, 0.2) is 5.16 Å². The van der Waals surface area contributed by atoms with Crippen LogP contribution in [0.1, 0.15) is 33.6 Å². The van der Waals surface area contributed by atoms with E-state index in [1.54, 1.807) is 0 Å². The van der Waals surface area contributed by atoms with Gasteiger partial charge in [-0.05, 0) is 12.3 Å². The van der Waals surface area contributed by atoms with E-state index in [1.807, 2.05) is 20.8 Å². The minimum atomic E-state index is -3.53. The molecule has 0 fully saturated rings. The van der Waals surface area contributed by atoms with Gasteiger partial charge in [-0.15, -0.1) is 0 Å². The maximum absolute atomic E-state index is 11.6. The maximum atomic E-state index is 11.6. The topological polar surface area (TPSA) is 117 Å². The molecule has 0 saturated heterocycles. The molecule has 0 aromatic carbocycles. The lowest BCUT2D eigenvalue weighted by Crippen LogP contribution is -2.45. The molecule has 1 atom stereocenters. The van der Waals surface area contributed by atoms with Gasteiger partial charge in [0.05, 0.1) is 0 Å². The van der Waals surface area contributed by atoms with Crippen LogP contribution in [0, 0.1) is 5.92 Å². The van der Waals surface area contributed by atoms with Gasteiger partial charge in [0, 0.05) is 19.0 Å². The van der Waals surface area contributed by atoms with Crippen molar-refractivity contribution < 1.29 is 13.6 Å². The van der Waals surface area contributed by atoms with Gasteiger partial charge in [0.1, 0.15) is 5.84 Å². The van der Waals surface area contributed by atoms with Crippen molar-refractivity contribution in [3.05, 3.63) is 0 Å². The van der Waals surface area contributed by atoms with Gasteiger partial charge in [0.25, 0.3) is 10.2 Å². The Balaban J connectivity index is 4.35. The Morgan fingerprint density at radius 2 is 2.06 bits per heavy atom. The number of amidine groups is 1. The Labute approximate surface area is 103 Å². The first-order chi connectivity index (χ1) is 7.80. The summed E-state index contributed by atoms with van der Waals surface area (Å²) in [5.74, 6) is 0.235. The van der Waals surface area contributed by atoms with Crippen LogP contribution >= 0.6 is 0 Å². The Kier molecular flexibility index (Phi) is 7.09. The minimum absolute atomic E-state index is 0.00316. The van der Waals surface area contributed by atoms with Gasteiger partial charge < -0.3 is 10.9 Å². The molecule has 0 heterocycles. The summed E-state index contributed by atoms with van der Waals surface area (Å²) < 4.78 is 28.1. The molecule has 0 radical (unpaired) electrons. The van der Waals surface area contributed by atoms with Crippen LogP contribution in [-0.2, 0) is 10.2 Å². The standard InChI is InChI=1S/C9H22N4O3S/c1-4-8(5-9(10)12-14)13-17(15,16)11-6-7(2)3/h7-8,11,13-14H,4-6H2,1-3H3,(H2,10,12). The minimum Gasteiger partial charge on any atom is -0.409 e. The molecular formula is C9H22N4O3S. The van der Waals surface area contributed by atoms with Crippen molar-refractivity contribution in [2.45, 2.75) is 39.7 Å². The van der Waals surface area contributed by atoms with E-state index in [9.17, 15) is 8.42 Å². The van der Waals surface area contributed by atoms with Crippen molar-refractivity contribution in [1.29, 1.82) is 0 Å². The van der Waals surface area contributed by atoms with Crippen molar-refractivity contribution in [2.24, 2.45) is 16.8 Å². The summed E-state index contributed by atoms with van der Waals surface area (Å²) in [5, 5.41) is 11.2. The third-order valence-corrected chi connectivity index (χ3v) is 3.27. The first-order valence-corrected chi connectivity index (χ1v) is 7.02. The summed E-state index contributed by atoms with van der Waals surface area (Å²) in [5.41, 5.74) is 5.34. The second-order valence-electron chi connectivity index (χ2n) is 4.26. The van der Waals surface area contributed by atoms with Crippen LogP contribution in [0.3, 0.4) is 0 Å². The van der Waals surface area contributed by atoms with Crippen molar-refractivity contribution in [1.82, 2.24) is 9.44 Å². The Hall–Kier alpha value is -0.860. The molecule has 0 aliphatic heterocycles. The number of nitrogens with one attached hydrogen (secondary N) is 2. The van der Waals surface area contributed by atoms with Crippen LogP contribution < -0.4 is 15.2 Å². The molecule has 0 aromatic heterocycles. The summed E-state index contributed by atoms with van der Waals surface area (Å²) in [6, 6.07) is -0.379. The fourth-order valence-electron chi connectivity index (χ4n) is 1.10. The summed E-state index contributed by atoms with van der Waals surface area (Å²) >= 11 is 0. The highest BCUT2D eigenvalue weighted by atomic mass is 32.2. The van der Waals surface area contributed by atoms with Crippen molar-refractivity contribution >= 4 is 16.0 Å². The number of hydrogen-bond acceptors (Lipinski definition) is 4. The first kappa shape index (κ1) is 16.1. The van der Waals surface area contributed by atoms with Gasteiger partial charge in [0.2, 0.25) is 0 Å². The molecule has 0 spiro atoms. The largest absolute Gasteiger partial charge is 0.409 e. The zero-order valence-electron chi connectivity index (χ0n) is 10.5. The third kappa shape index (κ3) is 7.94. The fourth-order valence-corrected chi connectivity index (χ4v) is 2.42. The summed E-state index contributed by atoms with van der Waals surface area (Å²) in [6.07, 6.45) is 0.731. The number of rotatable bonds is 8. The zero-order chi connectivity index (χ0) is 13.5. The van der Waals surface area contributed by atoms with Crippen LogP contribution in [-0.4, -0.2) is 32.0 Å². The highest BCUT2D eigenvalue weighted by Crippen LogP contribution is 2.00. The summed E-state index contributed by atoms with van der Waals surface area (Å²) in [6.45, 7) is 6.02. The average molecular weight is 266 g/mol. The molecule has 0 aromatic rings. The molecule has 0 rings (SSSR count). The molecule has 0 saturated carbocycles. The Bertz CT molecular complexity index is 340. The molecule has 102 valence electrons. The third-order valence-electron chi connectivity index (χ3n) is 2.08. The Morgan fingerprint density at radius 1 is 1.47 bits per heavy atom. The summed E-state index contributed by atoms with van der Waals surface area (Å²) in [4.78, 5) is 0. The molecule has 0 amide bonds. The van der Waals surface area contributed by atoms with E-state index in [0.717, 1.165) is 0 Å². The van der Waals surface area contributed by atoms with E-state index in [1.165, 1.54) is 0 Å². The van der Waals surface area contributed by atoms with E-state index in [-0.39, 0.29) is 24.2 Å². The first-order valence-electron chi connectivity index (χ1n) is 5.54. The lowest BCUT2D eigenvalue weighted by Gasteiger charge is -2.17. The van der Waals surface area contributed by atoms with Crippen molar-refractivity contribution in [3.8, 4) is 0 Å². The van der Waals surface area contributed by atoms with Crippen LogP contribution in [0.5, 0.6) is 0 Å². The molecule has 7 nitrogen and oxygen atoms in total. The number of nitrogens with two attached hydrogens (primary N) is 1. The van der Waals surface area contributed by atoms with Crippen molar-refractivity contribution in [2.75, 3.05) is 6.54 Å². The van der Waals surface area contributed by atoms with E-state index >= 15 is 0 Å². The second-order valence-corrected chi connectivity index (χ2v) is 5.80. The molecule has 0 bridgehead atoms. The number of oxime groups is 1. The molecule has 8 heteroatoms. The normalized spacial score (nSPS) is 15.2. The smallest absolute Gasteiger partial charge is 0.277 e. The predicted octanol–water partition coefficient (Wildman–Crippen LogP) is -0.0185. The van der Waals surface area contributed by atoms with Crippen molar-refractivity contribution in [3.63, 3.8) is 0 Å². The molecule has 5 N–H and O–H groups in total. The highest BCUT2D eigenvalue weighted by Gasteiger charge is 2.17. The highest BCUT2D eigenvalue weighted by molar-refractivity contribution is 7.87. The lowest BCUT2D eigenvalue weighted by molar-refractivity contribution is 0.316. The molecule has 0 aliphatic rings. The van der Waals surface area contributed by atoms with Gasteiger partial charge in [-0.25, -0.2) is 4.72 Å². The number of nitrogens with zero attached hydrogens (tertiary/aromatic N) is 1. The van der Waals surface area contributed by atoms with E-state index in [2.05, 4.69) is 14.6 Å². The molecule has 1 unspecified atom stereocenters. The number of hydrogen-bond donors (Lipinski definition) is 4. The van der Waals surface area contributed by atoms with Crippen LogP contribution in [0.25, 0.3) is 0 Å². The SMILES string of the molecule is CCC(CC(N)=NO)NS(=O)(=O)NCC(C)C. The van der Waals surface area contributed by atoms with Crippen LogP contribution in [0.4, 0.5) is 0 Å². The molecular weight excluding hydrogens is 244 g/mol. The van der Waals surface area contributed by atoms with Crippen LogP contribution in [0.2, 0.25) is 0 Å². The van der Waals surface area contributed by atoms with E-state index in [4.69, 9.17) is 10.9 Å². The van der Waals surface area contributed by atoms with Gasteiger partial charge in [0.15, 0.2) is 0 Å². The van der Waals surface area contributed by atoms with E-state index < -0.39 is 10.2 Å². The Morgan fingerprint density at radius 3 is 2.47 bits per heavy atom. The van der Waals surface area contributed by atoms with Gasteiger partial charge in [-0.2, -0.15) is 13.1 Å². The molecule has 17 heavy (non-hydrogen) atoms.